The summed E-state index contributed by atoms with van der Waals surface area (Å²) in [6.45, 7) is 5.53. The van der Waals surface area contributed by atoms with Gasteiger partial charge in [0.2, 0.25) is 5.91 Å². The number of carbonyl (C=O) groups is 2. The van der Waals surface area contributed by atoms with Crippen molar-refractivity contribution in [3.8, 4) is 0 Å². The van der Waals surface area contributed by atoms with Gasteiger partial charge in [0.15, 0.2) is 0 Å². The zero-order valence-corrected chi connectivity index (χ0v) is 13.6. The van der Waals surface area contributed by atoms with Gasteiger partial charge in [-0.25, -0.2) is 4.98 Å². The van der Waals surface area contributed by atoms with Crippen molar-refractivity contribution in [2.75, 3.05) is 12.3 Å². The second-order valence-electron chi connectivity index (χ2n) is 4.52. The predicted octanol–water partition coefficient (Wildman–Crippen LogP) is 2.40. The summed E-state index contributed by atoms with van der Waals surface area (Å²) >= 11 is 3.06. The van der Waals surface area contributed by atoms with Gasteiger partial charge in [-0.3, -0.25) is 9.59 Å². The zero-order chi connectivity index (χ0) is 15.1. The lowest BCUT2D eigenvalue weighted by molar-refractivity contribution is -0.144. The summed E-state index contributed by atoms with van der Waals surface area (Å²) < 4.78 is 0. The molecule has 1 aromatic heterocycles. The molecule has 1 unspecified atom stereocenters. The Bertz CT molecular complexity index is 462. The number of rotatable bonds is 8. The molecule has 0 spiro atoms. The molecule has 0 aliphatic carbocycles. The standard InChI is InChI=1S/C13H20N2O3S2/c1-4-9(2)15(5-13(17)18)12(16)8-19-6-11-7-20-10(3)14-11/h7,9H,4-6,8H2,1-3H3,(H,17,18). The Hall–Kier alpha value is -1.08. The molecule has 0 saturated carbocycles. The van der Waals surface area contributed by atoms with Crippen LogP contribution in [0.15, 0.2) is 5.38 Å². The Labute approximate surface area is 127 Å². The Morgan fingerprint density at radius 1 is 1.55 bits per heavy atom. The van der Waals surface area contributed by atoms with E-state index in [-0.39, 0.29) is 24.2 Å². The fourth-order valence-electron chi connectivity index (χ4n) is 1.66. The van der Waals surface area contributed by atoms with Gasteiger partial charge in [0, 0.05) is 17.2 Å². The van der Waals surface area contributed by atoms with Crippen LogP contribution in [0.2, 0.25) is 0 Å². The molecule has 1 rings (SSSR count). The highest BCUT2D eigenvalue weighted by Crippen LogP contribution is 2.16. The van der Waals surface area contributed by atoms with E-state index in [0.717, 1.165) is 17.1 Å². The van der Waals surface area contributed by atoms with E-state index in [1.165, 1.54) is 16.7 Å². The van der Waals surface area contributed by atoms with Crippen LogP contribution in [0, 0.1) is 6.92 Å². The van der Waals surface area contributed by atoms with Gasteiger partial charge in [-0.2, -0.15) is 0 Å². The first-order chi connectivity index (χ1) is 9.43. The predicted molar refractivity (Wildman–Crippen MR) is 82.1 cm³/mol. The number of aromatic nitrogens is 1. The van der Waals surface area contributed by atoms with Crippen molar-refractivity contribution >= 4 is 35.0 Å². The van der Waals surface area contributed by atoms with Crippen molar-refractivity contribution in [3.05, 3.63) is 16.1 Å². The smallest absolute Gasteiger partial charge is 0.323 e. The maximum atomic E-state index is 12.1. The van der Waals surface area contributed by atoms with E-state index in [2.05, 4.69) is 4.98 Å². The van der Waals surface area contributed by atoms with Gasteiger partial charge in [0.25, 0.3) is 0 Å². The van der Waals surface area contributed by atoms with E-state index in [0.29, 0.717) is 5.75 Å². The molecule has 0 aliphatic heterocycles. The number of thiazole rings is 1. The summed E-state index contributed by atoms with van der Waals surface area (Å²) in [4.78, 5) is 28.7. The lowest BCUT2D eigenvalue weighted by Crippen LogP contribution is -2.42. The van der Waals surface area contributed by atoms with E-state index in [4.69, 9.17) is 5.11 Å². The summed E-state index contributed by atoms with van der Waals surface area (Å²) in [5, 5.41) is 11.9. The van der Waals surface area contributed by atoms with Gasteiger partial charge in [-0.05, 0) is 20.3 Å². The van der Waals surface area contributed by atoms with Gasteiger partial charge in [0.05, 0.1) is 16.5 Å². The number of hydrogen-bond acceptors (Lipinski definition) is 5. The molecule has 0 aromatic carbocycles. The molecule has 0 saturated heterocycles. The Morgan fingerprint density at radius 3 is 2.75 bits per heavy atom. The summed E-state index contributed by atoms with van der Waals surface area (Å²) in [6, 6.07) is -0.0549. The first-order valence-electron chi connectivity index (χ1n) is 6.44. The number of aryl methyl sites for hydroxylation is 1. The van der Waals surface area contributed by atoms with Gasteiger partial charge in [0.1, 0.15) is 6.54 Å². The van der Waals surface area contributed by atoms with Gasteiger partial charge in [-0.15, -0.1) is 23.1 Å². The Kier molecular flexibility index (Phi) is 7.01. The molecule has 20 heavy (non-hydrogen) atoms. The van der Waals surface area contributed by atoms with Crippen LogP contribution in [0.1, 0.15) is 31.0 Å². The van der Waals surface area contributed by atoms with Crippen LogP contribution >= 0.6 is 23.1 Å². The quantitative estimate of drug-likeness (QED) is 0.797. The third-order valence-electron chi connectivity index (χ3n) is 2.89. The van der Waals surface area contributed by atoms with E-state index in [9.17, 15) is 9.59 Å². The van der Waals surface area contributed by atoms with Crippen LogP contribution in [-0.4, -0.2) is 45.2 Å². The number of aliphatic carboxylic acids is 1. The lowest BCUT2D eigenvalue weighted by Gasteiger charge is -2.26. The number of carbonyl (C=O) groups excluding carboxylic acids is 1. The molecular formula is C13H20N2O3S2. The third kappa shape index (κ3) is 5.50. The molecular weight excluding hydrogens is 296 g/mol. The number of carboxylic acids is 1. The van der Waals surface area contributed by atoms with Crippen molar-refractivity contribution < 1.29 is 14.7 Å². The Morgan fingerprint density at radius 2 is 2.25 bits per heavy atom. The minimum atomic E-state index is -0.973. The number of amides is 1. The van der Waals surface area contributed by atoms with Gasteiger partial charge < -0.3 is 10.0 Å². The van der Waals surface area contributed by atoms with Gasteiger partial charge in [-0.1, -0.05) is 6.92 Å². The fraction of sp³-hybridized carbons (Fsp3) is 0.615. The minimum absolute atomic E-state index is 0.0549. The van der Waals surface area contributed by atoms with Crippen LogP contribution in [-0.2, 0) is 15.3 Å². The van der Waals surface area contributed by atoms with Crippen molar-refractivity contribution in [2.45, 2.75) is 39.0 Å². The van der Waals surface area contributed by atoms with E-state index < -0.39 is 5.97 Å². The molecule has 1 aromatic rings. The van der Waals surface area contributed by atoms with Crippen molar-refractivity contribution in [2.24, 2.45) is 0 Å². The second-order valence-corrected chi connectivity index (χ2v) is 6.57. The summed E-state index contributed by atoms with van der Waals surface area (Å²) in [7, 11) is 0. The molecule has 0 fully saturated rings. The third-order valence-corrected chi connectivity index (χ3v) is 4.66. The highest BCUT2D eigenvalue weighted by atomic mass is 32.2. The molecule has 1 atom stereocenters. The highest BCUT2D eigenvalue weighted by molar-refractivity contribution is 7.99. The largest absolute Gasteiger partial charge is 0.480 e. The molecule has 5 nitrogen and oxygen atoms in total. The first-order valence-corrected chi connectivity index (χ1v) is 8.47. The molecule has 1 heterocycles. The maximum absolute atomic E-state index is 12.1. The SMILES string of the molecule is CCC(C)N(CC(=O)O)C(=O)CSCc1csc(C)n1. The van der Waals surface area contributed by atoms with Crippen molar-refractivity contribution in [3.63, 3.8) is 0 Å². The van der Waals surface area contributed by atoms with Crippen molar-refractivity contribution in [1.29, 1.82) is 0 Å². The number of carboxylic acid groups (broad SMARTS) is 1. The first kappa shape index (κ1) is 17.0. The number of thioether (sulfide) groups is 1. The number of nitrogens with zero attached hydrogens (tertiary/aromatic N) is 2. The van der Waals surface area contributed by atoms with Gasteiger partial charge >= 0.3 is 5.97 Å². The van der Waals surface area contributed by atoms with E-state index in [1.54, 1.807) is 11.3 Å². The topological polar surface area (TPSA) is 70.5 Å². The molecule has 0 bridgehead atoms. The average Bonchev–Trinajstić information content (AvgIpc) is 2.80. The van der Waals surface area contributed by atoms with Crippen LogP contribution in [0.3, 0.4) is 0 Å². The average molecular weight is 316 g/mol. The summed E-state index contributed by atoms with van der Waals surface area (Å²) in [6.07, 6.45) is 0.745. The number of hydrogen-bond donors (Lipinski definition) is 1. The maximum Gasteiger partial charge on any atom is 0.323 e. The normalized spacial score (nSPS) is 12.2. The molecule has 112 valence electrons. The minimum Gasteiger partial charge on any atom is -0.480 e. The van der Waals surface area contributed by atoms with Crippen LogP contribution < -0.4 is 0 Å². The fourth-order valence-corrected chi connectivity index (χ4v) is 3.17. The second kappa shape index (κ2) is 8.26. The molecule has 0 radical (unpaired) electrons. The van der Waals surface area contributed by atoms with Crippen molar-refractivity contribution in [1.82, 2.24) is 9.88 Å². The monoisotopic (exact) mass is 316 g/mol. The molecule has 0 aliphatic rings. The lowest BCUT2D eigenvalue weighted by atomic mass is 10.2. The molecule has 7 heteroatoms. The van der Waals surface area contributed by atoms with Crippen LogP contribution in [0.25, 0.3) is 0 Å². The highest BCUT2D eigenvalue weighted by Gasteiger charge is 2.21. The molecule has 1 N–H and O–H groups in total. The summed E-state index contributed by atoms with van der Waals surface area (Å²) in [5.74, 6) is -0.136. The Balaban J connectivity index is 2.47. The summed E-state index contributed by atoms with van der Waals surface area (Å²) in [5.41, 5.74) is 0.971. The van der Waals surface area contributed by atoms with Crippen LogP contribution in [0.5, 0.6) is 0 Å². The van der Waals surface area contributed by atoms with Crippen LogP contribution in [0.4, 0.5) is 0 Å². The van der Waals surface area contributed by atoms with E-state index >= 15 is 0 Å². The zero-order valence-electron chi connectivity index (χ0n) is 12.0. The van der Waals surface area contributed by atoms with E-state index in [1.807, 2.05) is 26.2 Å². The molecule has 1 amide bonds.